The van der Waals surface area contributed by atoms with Gasteiger partial charge in [0.1, 0.15) is 0 Å². The Kier molecular flexibility index (Phi) is 4.73. The number of halogens is 4. The molecule has 122 valence electrons. The number of nitrogens with two attached hydrogens (primary N) is 1. The van der Waals surface area contributed by atoms with E-state index in [4.69, 9.17) is 5.73 Å². The SMILES string of the molecule is Cl.NC1CCC2CN(C(=O)c3ccc(C(F)(F)F)cc3)CC12. The Balaban J connectivity index is 0.00000176. The Morgan fingerprint density at radius 2 is 1.77 bits per heavy atom. The Labute approximate surface area is 133 Å². The molecule has 3 rings (SSSR count). The van der Waals surface area contributed by atoms with E-state index in [1.807, 2.05) is 0 Å². The number of carbonyl (C=O) groups excluding carboxylic acids is 1. The zero-order valence-corrected chi connectivity index (χ0v) is 12.7. The van der Waals surface area contributed by atoms with Crippen LogP contribution in [0, 0.1) is 11.8 Å². The van der Waals surface area contributed by atoms with E-state index in [0.29, 0.717) is 30.5 Å². The fourth-order valence-electron chi connectivity index (χ4n) is 3.46. The molecule has 0 spiro atoms. The number of likely N-dealkylation sites (tertiary alicyclic amines) is 1. The summed E-state index contributed by atoms with van der Waals surface area (Å²) < 4.78 is 37.5. The maximum atomic E-state index is 12.5. The van der Waals surface area contributed by atoms with Gasteiger partial charge in [-0.1, -0.05) is 0 Å². The van der Waals surface area contributed by atoms with Gasteiger partial charge in [-0.25, -0.2) is 0 Å². The molecule has 1 amide bonds. The van der Waals surface area contributed by atoms with Crippen molar-refractivity contribution in [1.82, 2.24) is 4.90 Å². The maximum absolute atomic E-state index is 12.5. The van der Waals surface area contributed by atoms with Crippen LogP contribution >= 0.6 is 12.4 Å². The monoisotopic (exact) mass is 334 g/mol. The summed E-state index contributed by atoms with van der Waals surface area (Å²) in [4.78, 5) is 14.1. The Bertz CT molecular complexity index is 547. The van der Waals surface area contributed by atoms with Crippen molar-refractivity contribution in [2.45, 2.75) is 25.1 Å². The van der Waals surface area contributed by atoms with E-state index in [1.54, 1.807) is 4.90 Å². The normalized spacial score (nSPS) is 27.5. The van der Waals surface area contributed by atoms with Crippen molar-refractivity contribution in [1.29, 1.82) is 0 Å². The number of benzene rings is 1. The molecule has 3 atom stereocenters. The van der Waals surface area contributed by atoms with E-state index in [9.17, 15) is 18.0 Å². The van der Waals surface area contributed by atoms with Gasteiger partial charge in [0, 0.05) is 24.7 Å². The third-order valence-electron chi connectivity index (χ3n) is 4.66. The molecule has 2 fully saturated rings. The lowest BCUT2D eigenvalue weighted by Crippen LogP contribution is -2.33. The van der Waals surface area contributed by atoms with Gasteiger partial charge in [-0.3, -0.25) is 4.79 Å². The third-order valence-corrected chi connectivity index (χ3v) is 4.66. The molecule has 1 aromatic carbocycles. The lowest BCUT2D eigenvalue weighted by molar-refractivity contribution is -0.137. The van der Waals surface area contributed by atoms with Gasteiger partial charge in [-0.15, -0.1) is 12.4 Å². The number of amides is 1. The molecule has 1 aliphatic carbocycles. The van der Waals surface area contributed by atoms with E-state index in [1.165, 1.54) is 12.1 Å². The van der Waals surface area contributed by atoms with Crippen LogP contribution < -0.4 is 5.73 Å². The molecule has 0 aromatic heterocycles. The maximum Gasteiger partial charge on any atom is 0.416 e. The number of hydrogen-bond donors (Lipinski definition) is 1. The summed E-state index contributed by atoms with van der Waals surface area (Å²) in [5.41, 5.74) is 5.59. The lowest BCUT2D eigenvalue weighted by atomic mass is 9.98. The standard InChI is InChI=1S/C15H17F3N2O.ClH/c16-15(17,18)11-4-1-9(2-5-11)14(21)20-7-10-3-6-13(19)12(10)8-20;/h1-2,4-5,10,12-13H,3,6-8,19H2;1H. The smallest absolute Gasteiger partial charge is 0.338 e. The van der Waals surface area contributed by atoms with Crippen LogP contribution in [0.4, 0.5) is 13.2 Å². The zero-order chi connectivity index (χ0) is 15.2. The number of nitrogens with zero attached hydrogens (tertiary/aromatic N) is 1. The number of hydrogen-bond acceptors (Lipinski definition) is 2. The molecule has 1 saturated heterocycles. The highest BCUT2D eigenvalue weighted by molar-refractivity contribution is 5.94. The zero-order valence-electron chi connectivity index (χ0n) is 11.8. The summed E-state index contributed by atoms with van der Waals surface area (Å²) in [6.45, 7) is 1.28. The van der Waals surface area contributed by atoms with E-state index < -0.39 is 11.7 Å². The van der Waals surface area contributed by atoms with E-state index in [-0.39, 0.29) is 24.4 Å². The second kappa shape index (κ2) is 6.08. The Morgan fingerprint density at radius 3 is 2.32 bits per heavy atom. The Hall–Kier alpha value is -1.27. The minimum atomic E-state index is -4.38. The van der Waals surface area contributed by atoms with E-state index in [0.717, 1.165) is 25.0 Å². The minimum Gasteiger partial charge on any atom is -0.338 e. The van der Waals surface area contributed by atoms with Crippen LogP contribution in [0.3, 0.4) is 0 Å². The molecular formula is C15H18ClF3N2O. The van der Waals surface area contributed by atoms with Gasteiger partial charge in [0.05, 0.1) is 5.56 Å². The highest BCUT2D eigenvalue weighted by Crippen LogP contribution is 2.37. The number of fused-ring (bicyclic) bond motifs is 1. The van der Waals surface area contributed by atoms with Crippen LogP contribution in [0.1, 0.15) is 28.8 Å². The first-order chi connectivity index (χ1) is 9.86. The van der Waals surface area contributed by atoms with Crippen molar-refractivity contribution >= 4 is 18.3 Å². The third kappa shape index (κ3) is 3.08. The summed E-state index contributed by atoms with van der Waals surface area (Å²) in [6, 6.07) is 4.55. The quantitative estimate of drug-likeness (QED) is 0.858. The lowest BCUT2D eigenvalue weighted by Gasteiger charge is -2.19. The van der Waals surface area contributed by atoms with E-state index >= 15 is 0 Å². The first-order valence-electron chi connectivity index (χ1n) is 7.08. The predicted octanol–water partition coefficient (Wildman–Crippen LogP) is 2.94. The fraction of sp³-hybridized carbons (Fsp3) is 0.533. The van der Waals surface area contributed by atoms with Gasteiger partial charge >= 0.3 is 6.18 Å². The first kappa shape index (κ1) is 17.1. The summed E-state index contributed by atoms with van der Waals surface area (Å²) in [6.07, 6.45) is -2.35. The second-order valence-electron chi connectivity index (χ2n) is 5.95. The molecule has 1 aromatic rings. The fourth-order valence-corrected chi connectivity index (χ4v) is 3.46. The summed E-state index contributed by atoms with van der Waals surface area (Å²) in [5, 5.41) is 0. The molecule has 22 heavy (non-hydrogen) atoms. The minimum absolute atomic E-state index is 0. The predicted molar refractivity (Wildman–Crippen MR) is 78.8 cm³/mol. The summed E-state index contributed by atoms with van der Waals surface area (Å²) >= 11 is 0. The molecule has 1 saturated carbocycles. The van der Waals surface area contributed by atoms with Gasteiger partial charge in [0.2, 0.25) is 0 Å². The molecule has 0 bridgehead atoms. The van der Waals surface area contributed by atoms with Gasteiger partial charge in [-0.05, 0) is 48.9 Å². The molecule has 2 aliphatic rings. The van der Waals surface area contributed by atoms with Crippen molar-refractivity contribution in [2.75, 3.05) is 13.1 Å². The van der Waals surface area contributed by atoms with Crippen LogP contribution in [0.25, 0.3) is 0 Å². The molecule has 0 radical (unpaired) electrons. The van der Waals surface area contributed by atoms with Gasteiger partial charge < -0.3 is 10.6 Å². The molecule has 7 heteroatoms. The van der Waals surface area contributed by atoms with Crippen LogP contribution in [0.15, 0.2) is 24.3 Å². The van der Waals surface area contributed by atoms with Gasteiger partial charge in [0.25, 0.3) is 5.91 Å². The second-order valence-corrected chi connectivity index (χ2v) is 5.95. The first-order valence-corrected chi connectivity index (χ1v) is 7.08. The molecule has 2 N–H and O–H groups in total. The molecule has 3 unspecified atom stereocenters. The average molecular weight is 335 g/mol. The summed E-state index contributed by atoms with van der Waals surface area (Å²) in [7, 11) is 0. The molecule has 3 nitrogen and oxygen atoms in total. The van der Waals surface area contributed by atoms with Crippen LogP contribution in [-0.2, 0) is 6.18 Å². The highest BCUT2D eigenvalue weighted by Gasteiger charge is 2.42. The van der Waals surface area contributed by atoms with Crippen molar-refractivity contribution < 1.29 is 18.0 Å². The average Bonchev–Trinajstić information content (AvgIpc) is 3.00. The number of carbonyl (C=O) groups is 1. The van der Waals surface area contributed by atoms with Gasteiger partial charge in [0.15, 0.2) is 0 Å². The number of rotatable bonds is 1. The largest absolute Gasteiger partial charge is 0.416 e. The molecule has 1 heterocycles. The van der Waals surface area contributed by atoms with Crippen molar-refractivity contribution in [3.8, 4) is 0 Å². The number of alkyl halides is 3. The van der Waals surface area contributed by atoms with E-state index in [2.05, 4.69) is 0 Å². The highest BCUT2D eigenvalue weighted by atomic mass is 35.5. The van der Waals surface area contributed by atoms with Crippen LogP contribution in [-0.4, -0.2) is 29.9 Å². The van der Waals surface area contributed by atoms with Gasteiger partial charge in [-0.2, -0.15) is 13.2 Å². The van der Waals surface area contributed by atoms with Crippen LogP contribution in [0.5, 0.6) is 0 Å². The van der Waals surface area contributed by atoms with Crippen molar-refractivity contribution in [3.63, 3.8) is 0 Å². The topological polar surface area (TPSA) is 46.3 Å². The summed E-state index contributed by atoms with van der Waals surface area (Å²) in [5.74, 6) is 0.576. The van der Waals surface area contributed by atoms with Crippen molar-refractivity contribution in [3.05, 3.63) is 35.4 Å². The van der Waals surface area contributed by atoms with Crippen LogP contribution in [0.2, 0.25) is 0 Å². The Morgan fingerprint density at radius 1 is 1.14 bits per heavy atom. The molecular weight excluding hydrogens is 317 g/mol. The van der Waals surface area contributed by atoms with Crippen molar-refractivity contribution in [2.24, 2.45) is 17.6 Å². The molecule has 1 aliphatic heterocycles.